The number of halogens is 4. The number of hydrogen-bond donors (Lipinski definition) is 0. The molecule has 6 heteroatoms. The average molecular weight is 278 g/mol. The number of thioether (sulfide) groups is 1. The number of alkyl halides is 4. The largest absolute Gasteiger partial charge is 0.441 e. The van der Waals surface area contributed by atoms with Crippen molar-refractivity contribution in [2.75, 3.05) is 25.4 Å². The van der Waals surface area contributed by atoms with Gasteiger partial charge in [-0.3, -0.25) is 0 Å². The van der Waals surface area contributed by atoms with E-state index in [-0.39, 0.29) is 17.5 Å². The Morgan fingerprint density at radius 2 is 2.15 bits per heavy atom. The standard InChI is InChI=1S/C7H11BrF3NS/c8-6-1-2-12(5-6)3-4-13-7(9,10)11/h6H,1-5H2. The fourth-order valence-corrected chi connectivity index (χ4v) is 2.47. The molecule has 1 aliphatic heterocycles. The van der Waals surface area contributed by atoms with Crippen molar-refractivity contribution >= 4 is 27.7 Å². The highest BCUT2D eigenvalue weighted by Gasteiger charge is 2.28. The Kier molecular flexibility index (Phi) is 4.38. The van der Waals surface area contributed by atoms with Crippen LogP contribution in [0.2, 0.25) is 0 Å². The SMILES string of the molecule is FC(F)(F)SCCN1CCC(Br)C1. The Hall–Kier alpha value is 0.580. The molecule has 1 saturated heterocycles. The molecule has 0 amide bonds. The van der Waals surface area contributed by atoms with E-state index in [1.165, 1.54) is 0 Å². The first-order chi connectivity index (χ1) is 5.97. The highest BCUT2D eigenvalue weighted by Crippen LogP contribution is 2.30. The van der Waals surface area contributed by atoms with Gasteiger partial charge in [0.15, 0.2) is 0 Å². The third-order valence-corrected chi connectivity index (χ3v) is 3.35. The number of hydrogen-bond acceptors (Lipinski definition) is 2. The van der Waals surface area contributed by atoms with Crippen LogP contribution in [0.5, 0.6) is 0 Å². The molecule has 1 fully saturated rings. The van der Waals surface area contributed by atoms with Crippen LogP contribution < -0.4 is 0 Å². The normalized spacial score (nSPS) is 25.4. The van der Waals surface area contributed by atoms with Crippen LogP contribution in [0, 0.1) is 0 Å². The quantitative estimate of drug-likeness (QED) is 0.730. The molecule has 0 N–H and O–H groups in total. The monoisotopic (exact) mass is 277 g/mol. The summed E-state index contributed by atoms with van der Waals surface area (Å²) in [6.07, 6.45) is 1.04. The van der Waals surface area contributed by atoms with Crippen LogP contribution >= 0.6 is 27.7 Å². The van der Waals surface area contributed by atoms with Crippen LogP contribution in [0.3, 0.4) is 0 Å². The van der Waals surface area contributed by atoms with Crippen LogP contribution in [-0.2, 0) is 0 Å². The van der Waals surface area contributed by atoms with Crippen LogP contribution in [-0.4, -0.2) is 40.6 Å². The number of likely N-dealkylation sites (tertiary alicyclic amines) is 1. The van der Waals surface area contributed by atoms with Crippen molar-refractivity contribution in [3.05, 3.63) is 0 Å². The molecule has 1 aliphatic rings. The van der Waals surface area contributed by atoms with Crippen LogP contribution in [0.25, 0.3) is 0 Å². The first kappa shape index (κ1) is 11.7. The van der Waals surface area contributed by atoms with Gasteiger partial charge in [0.25, 0.3) is 0 Å². The molecule has 13 heavy (non-hydrogen) atoms. The van der Waals surface area contributed by atoms with Gasteiger partial charge in [0.2, 0.25) is 0 Å². The maximum atomic E-state index is 11.7. The molecule has 1 nitrogen and oxygen atoms in total. The lowest BCUT2D eigenvalue weighted by atomic mass is 10.4. The topological polar surface area (TPSA) is 3.24 Å². The third-order valence-electron chi connectivity index (χ3n) is 1.89. The summed E-state index contributed by atoms with van der Waals surface area (Å²) in [4.78, 5) is 2.52. The minimum atomic E-state index is -4.08. The fourth-order valence-electron chi connectivity index (χ4n) is 1.28. The highest BCUT2D eigenvalue weighted by molar-refractivity contribution is 9.09. The van der Waals surface area contributed by atoms with Crippen molar-refractivity contribution in [1.29, 1.82) is 0 Å². The van der Waals surface area contributed by atoms with E-state index >= 15 is 0 Å². The summed E-state index contributed by atoms with van der Waals surface area (Å²) in [6, 6.07) is 0. The summed E-state index contributed by atoms with van der Waals surface area (Å²) in [7, 11) is 0. The van der Waals surface area contributed by atoms with Crippen molar-refractivity contribution < 1.29 is 13.2 Å². The average Bonchev–Trinajstić information content (AvgIpc) is 2.33. The van der Waals surface area contributed by atoms with Crippen LogP contribution in [0.4, 0.5) is 13.2 Å². The fraction of sp³-hybridized carbons (Fsp3) is 1.00. The van der Waals surface area contributed by atoms with E-state index in [0.717, 1.165) is 19.5 Å². The maximum absolute atomic E-state index is 11.7. The molecule has 1 rings (SSSR count). The van der Waals surface area contributed by atoms with Gasteiger partial charge in [-0.15, -0.1) is 0 Å². The summed E-state index contributed by atoms with van der Waals surface area (Å²) in [6.45, 7) is 2.32. The van der Waals surface area contributed by atoms with E-state index in [4.69, 9.17) is 0 Å². The first-order valence-corrected chi connectivity index (χ1v) is 5.94. The van der Waals surface area contributed by atoms with E-state index < -0.39 is 5.51 Å². The lowest BCUT2D eigenvalue weighted by Crippen LogP contribution is -2.24. The molecule has 0 bridgehead atoms. The van der Waals surface area contributed by atoms with Crippen molar-refractivity contribution in [1.82, 2.24) is 4.90 Å². The molecule has 0 saturated carbocycles. The summed E-state index contributed by atoms with van der Waals surface area (Å²) in [5.74, 6) is 0.142. The van der Waals surface area contributed by atoms with Crippen LogP contribution in [0.1, 0.15) is 6.42 Å². The van der Waals surface area contributed by atoms with Gasteiger partial charge < -0.3 is 4.90 Å². The predicted molar refractivity (Wildman–Crippen MR) is 52.3 cm³/mol. The molecular formula is C7H11BrF3NS. The van der Waals surface area contributed by atoms with Gasteiger partial charge >= 0.3 is 5.51 Å². The van der Waals surface area contributed by atoms with Gasteiger partial charge in [-0.05, 0) is 24.7 Å². The van der Waals surface area contributed by atoms with E-state index in [1.54, 1.807) is 0 Å². The summed E-state index contributed by atoms with van der Waals surface area (Å²) in [5, 5.41) is 0. The zero-order valence-corrected chi connectivity index (χ0v) is 9.38. The molecule has 0 aliphatic carbocycles. The molecule has 1 heterocycles. The van der Waals surface area contributed by atoms with Crippen molar-refractivity contribution in [2.24, 2.45) is 0 Å². The predicted octanol–water partition coefficient (Wildman–Crippen LogP) is 2.71. The van der Waals surface area contributed by atoms with E-state index in [9.17, 15) is 13.2 Å². The van der Waals surface area contributed by atoms with Gasteiger partial charge in [0.1, 0.15) is 0 Å². The second kappa shape index (κ2) is 4.89. The summed E-state index contributed by atoms with van der Waals surface area (Å²) < 4.78 is 35.2. The molecule has 0 aromatic heterocycles. The minimum absolute atomic E-state index is 0.0647. The van der Waals surface area contributed by atoms with Crippen molar-refractivity contribution in [3.63, 3.8) is 0 Å². The van der Waals surface area contributed by atoms with E-state index in [2.05, 4.69) is 20.8 Å². The van der Waals surface area contributed by atoms with E-state index in [1.807, 2.05) is 0 Å². The molecule has 0 spiro atoms. The second-order valence-electron chi connectivity index (χ2n) is 2.98. The van der Waals surface area contributed by atoms with Crippen LogP contribution in [0.15, 0.2) is 0 Å². The summed E-state index contributed by atoms with van der Waals surface area (Å²) in [5.41, 5.74) is -4.08. The molecule has 0 aromatic carbocycles. The van der Waals surface area contributed by atoms with Gasteiger partial charge in [-0.25, -0.2) is 0 Å². The van der Waals surface area contributed by atoms with Crippen molar-refractivity contribution in [2.45, 2.75) is 16.8 Å². The molecule has 0 aromatic rings. The Bertz CT molecular complexity index is 164. The Morgan fingerprint density at radius 1 is 1.46 bits per heavy atom. The molecular weight excluding hydrogens is 267 g/mol. The van der Waals surface area contributed by atoms with E-state index in [0.29, 0.717) is 11.4 Å². The van der Waals surface area contributed by atoms with Gasteiger partial charge in [0.05, 0.1) is 0 Å². The smallest absolute Gasteiger partial charge is 0.301 e. The minimum Gasteiger partial charge on any atom is -0.301 e. The zero-order chi connectivity index (χ0) is 9.90. The lowest BCUT2D eigenvalue weighted by Gasteiger charge is -2.14. The Morgan fingerprint density at radius 3 is 2.62 bits per heavy atom. The molecule has 1 unspecified atom stereocenters. The number of rotatable bonds is 3. The zero-order valence-electron chi connectivity index (χ0n) is 6.98. The summed E-state index contributed by atoms with van der Waals surface area (Å²) >= 11 is 3.50. The first-order valence-electron chi connectivity index (χ1n) is 4.04. The Labute approximate surface area is 88.2 Å². The second-order valence-corrected chi connectivity index (χ2v) is 5.44. The molecule has 0 radical (unpaired) electrons. The van der Waals surface area contributed by atoms with Gasteiger partial charge in [-0.2, -0.15) is 13.2 Å². The lowest BCUT2D eigenvalue weighted by molar-refractivity contribution is -0.0328. The molecule has 1 atom stereocenters. The van der Waals surface area contributed by atoms with Gasteiger partial charge in [-0.1, -0.05) is 15.9 Å². The third kappa shape index (κ3) is 5.12. The molecule has 78 valence electrons. The van der Waals surface area contributed by atoms with Gasteiger partial charge in [0, 0.05) is 23.7 Å². The number of nitrogens with zero attached hydrogens (tertiary/aromatic N) is 1. The van der Waals surface area contributed by atoms with Crippen molar-refractivity contribution in [3.8, 4) is 0 Å². The Balaban J connectivity index is 2.07. The maximum Gasteiger partial charge on any atom is 0.441 e. The highest BCUT2D eigenvalue weighted by atomic mass is 79.9.